The first-order valence-corrected chi connectivity index (χ1v) is 26.1. The first kappa shape index (κ1) is 54.0. The SMILES string of the molecule is Cc1ncsc1-c1ccc(CNC(=O)[C@@H]2C[C@@H](O)CN2C(=O)[C@@H](CC(=O)c2cnn(CCOCCNC(=O)/C=C/c3cc(F)c([C@@H]4C5=C(C[C@@H](C)N4CC(C)(C)F)c4ccccc4C5)c(F)c3)c2)C(C)(C)C)cc1. The van der Waals surface area contributed by atoms with E-state index in [4.69, 9.17) is 4.74 Å². The van der Waals surface area contributed by atoms with Crippen molar-refractivity contribution in [1.82, 2.24) is 35.2 Å². The number of Topliss-reactive ketones (excluding diaryl/α,β-unsaturated/α-hetero) is 1. The average molecular weight is 1030 g/mol. The fourth-order valence-corrected chi connectivity index (χ4v) is 11.2. The Labute approximate surface area is 434 Å². The van der Waals surface area contributed by atoms with E-state index in [0.29, 0.717) is 24.9 Å². The number of halogens is 3. The van der Waals surface area contributed by atoms with Crippen LogP contribution in [0.3, 0.4) is 0 Å². The van der Waals surface area contributed by atoms with Gasteiger partial charge in [0.05, 0.1) is 65.7 Å². The van der Waals surface area contributed by atoms with Crippen molar-refractivity contribution in [1.29, 1.82) is 0 Å². The Bertz CT molecular complexity index is 2910. The van der Waals surface area contributed by atoms with E-state index < -0.39 is 52.7 Å². The maximum absolute atomic E-state index is 16.2. The van der Waals surface area contributed by atoms with Gasteiger partial charge in [-0.1, -0.05) is 69.3 Å². The number of alkyl halides is 1. The number of hydrogen-bond donors (Lipinski definition) is 3. The van der Waals surface area contributed by atoms with Crippen molar-refractivity contribution in [3.05, 3.63) is 141 Å². The fraction of sp³-hybridized carbons (Fsp3) is 0.439. The van der Waals surface area contributed by atoms with Gasteiger partial charge in [0.15, 0.2) is 5.78 Å². The van der Waals surface area contributed by atoms with Gasteiger partial charge in [-0.05, 0) is 103 Å². The molecular formula is C57H66F3N7O6S. The van der Waals surface area contributed by atoms with Gasteiger partial charge < -0.3 is 25.4 Å². The van der Waals surface area contributed by atoms with Gasteiger partial charge in [-0.3, -0.25) is 28.8 Å². The van der Waals surface area contributed by atoms with Gasteiger partial charge >= 0.3 is 0 Å². The molecule has 3 amide bonds. The van der Waals surface area contributed by atoms with E-state index in [1.807, 2.05) is 88.0 Å². The van der Waals surface area contributed by atoms with Crippen molar-refractivity contribution in [3.63, 3.8) is 0 Å². The number of aliphatic hydroxyl groups is 1. The Balaban J connectivity index is 0.794. The summed E-state index contributed by atoms with van der Waals surface area (Å²) in [6.07, 6.45) is 5.79. The summed E-state index contributed by atoms with van der Waals surface area (Å²) in [4.78, 5) is 62.8. The van der Waals surface area contributed by atoms with E-state index in [-0.39, 0.29) is 87.0 Å². The van der Waals surface area contributed by atoms with Crippen LogP contribution in [0.2, 0.25) is 0 Å². The van der Waals surface area contributed by atoms with E-state index in [9.17, 15) is 24.3 Å². The van der Waals surface area contributed by atoms with Gasteiger partial charge in [-0.25, -0.2) is 18.2 Å². The highest BCUT2D eigenvalue weighted by Gasteiger charge is 2.45. The minimum absolute atomic E-state index is 0.00316. The minimum Gasteiger partial charge on any atom is -0.391 e. The van der Waals surface area contributed by atoms with Gasteiger partial charge in [-0.15, -0.1) is 11.3 Å². The summed E-state index contributed by atoms with van der Waals surface area (Å²) < 4.78 is 54.8. The van der Waals surface area contributed by atoms with E-state index in [1.54, 1.807) is 27.7 Å². The number of hydrogen-bond acceptors (Lipinski definition) is 10. The number of aryl methyl sites for hydroxylation is 1. The maximum atomic E-state index is 16.2. The topological polar surface area (TPSA) is 159 Å². The molecule has 392 valence electrons. The van der Waals surface area contributed by atoms with E-state index in [1.165, 1.54) is 49.2 Å². The molecular weight excluding hydrogens is 968 g/mol. The third kappa shape index (κ3) is 12.6. The highest BCUT2D eigenvalue weighted by Crippen LogP contribution is 2.50. The lowest BCUT2D eigenvalue weighted by molar-refractivity contribution is -0.144. The lowest BCUT2D eigenvalue weighted by Gasteiger charge is -2.44. The summed E-state index contributed by atoms with van der Waals surface area (Å²) in [5.74, 6) is -3.87. The lowest BCUT2D eigenvalue weighted by atomic mass is 9.76. The maximum Gasteiger partial charge on any atom is 0.244 e. The number of rotatable bonds is 19. The van der Waals surface area contributed by atoms with E-state index in [0.717, 1.165) is 44.0 Å². The highest BCUT2D eigenvalue weighted by molar-refractivity contribution is 7.13. The monoisotopic (exact) mass is 1030 g/mol. The third-order valence-corrected chi connectivity index (χ3v) is 15.2. The van der Waals surface area contributed by atoms with Crippen LogP contribution < -0.4 is 10.6 Å². The molecule has 0 spiro atoms. The molecule has 5 atom stereocenters. The number of fused-ring (bicyclic) bond motifs is 2. The van der Waals surface area contributed by atoms with E-state index >= 15 is 13.2 Å². The van der Waals surface area contributed by atoms with Crippen molar-refractivity contribution >= 4 is 46.5 Å². The normalized spacial score (nSPS) is 19.5. The molecule has 74 heavy (non-hydrogen) atoms. The van der Waals surface area contributed by atoms with Crippen molar-refractivity contribution in [3.8, 4) is 10.4 Å². The zero-order valence-corrected chi connectivity index (χ0v) is 43.9. The van der Waals surface area contributed by atoms with Crippen LogP contribution in [0.25, 0.3) is 22.1 Å². The summed E-state index contributed by atoms with van der Waals surface area (Å²) >= 11 is 1.56. The number of ether oxygens (including phenoxy) is 1. The predicted octanol–water partition coefficient (Wildman–Crippen LogP) is 8.85. The second kappa shape index (κ2) is 22.7. The Hall–Kier alpha value is -6.27. The number of amides is 3. The average Bonchev–Trinajstić information content (AvgIpc) is 4.17. The second-order valence-electron chi connectivity index (χ2n) is 21.4. The molecule has 5 aromatic rings. The van der Waals surface area contributed by atoms with Crippen LogP contribution >= 0.6 is 11.3 Å². The van der Waals surface area contributed by atoms with Crippen LogP contribution in [0.15, 0.2) is 90.2 Å². The number of carbonyl (C=O) groups excluding carboxylic acids is 4. The fourth-order valence-electron chi connectivity index (χ4n) is 10.4. The van der Waals surface area contributed by atoms with Crippen molar-refractivity contribution in [2.24, 2.45) is 11.3 Å². The summed E-state index contributed by atoms with van der Waals surface area (Å²) in [7, 11) is 0. The molecule has 17 heteroatoms. The van der Waals surface area contributed by atoms with Crippen LogP contribution in [-0.4, -0.2) is 110 Å². The largest absolute Gasteiger partial charge is 0.391 e. The Kier molecular flexibility index (Phi) is 16.6. The number of aliphatic hydroxyl groups excluding tert-OH is 1. The predicted molar refractivity (Wildman–Crippen MR) is 279 cm³/mol. The standard InChI is InChI=1S/C57H66F3N7O6S/c1-34-22-43-42-11-9-8-10-39(42)25-44(43)52(67(34)32-57(6,7)60)51-46(58)23-37(24-47(51)59)14-17-50(70)61-18-20-73-21-19-65-30-40(29-64-65)49(69)27-45(56(3,4)5)55(72)66-31-41(68)26-48(66)54(71)62-28-36-12-15-38(16-13-36)53-35(2)63-33-74-53/h8-17,23-24,29-30,33-34,41,45,48,52,68H,18-22,25-28,31-32H2,1-7H3,(H,61,70)(H,62,71)/b17-14+/t34-,41-,45-,48+,52+/m1/s1. The molecule has 13 nitrogen and oxygen atoms in total. The molecule has 3 N–H and O–H groups in total. The Morgan fingerprint density at radius 2 is 1.73 bits per heavy atom. The second-order valence-corrected chi connectivity index (χ2v) is 22.3. The first-order chi connectivity index (χ1) is 35.1. The molecule has 4 heterocycles. The summed E-state index contributed by atoms with van der Waals surface area (Å²) in [6.45, 7) is 13.5. The van der Waals surface area contributed by atoms with Crippen molar-refractivity contribution < 1.29 is 42.2 Å². The van der Waals surface area contributed by atoms with Crippen LogP contribution in [0.4, 0.5) is 13.2 Å². The zero-order chi connectivity index (χ0) is 53.1. The first-order valence-electron chi connectivity index (χ1n) is 25.2. The number of β-amino-alcohol motifs (C(OH)–C–C–N with tert-alkyl or cyclic N) is 1. The number of ketones is 1. The summed E-state index contributed by atoms with van der Waals surface area (Å²) in [5, 5.41) is 20.6. The number of carbonyl (C=O) groups is 4. The Morgan fingerprint density at radius 1 is 1.00 bits per heavy atom. The third-order valence-electron chi connectivity index (χ3n) is 14.2. The van der Waals surface area contributed by atoms with Crippen LogP contribution in [-0.2, 0) is 38.6 Å². The number of benzene rings is 3. The smallest absolute Gasteiger partial charge is 0.244 e. The highest BCUT2D eigenvalue weighted by atomic mass is 32.1. The summed E-state index contributed by atoms with van der Waals surface area (Å²) in [5.41, 5.74) is 6.86. The molecule has 2 aliphatic heterocycles. The van der Waals surface area contributed by atoms with Gasteiger partial charge in [0.2, 0.25) is 17.7 Å². The Morgan fingerprint density at radius 3 is 2.42 bits per heavy atom. The number of thiazole rings is 1. The van der Waals surface area contributed by atoms with Gasteiger partial charge in [0.1, 0.15) is 23.3 Å². The van der Waals surface area contributed by atoms with Gasteiger partial charge in [0.25, 0.3) is 0 Å². The number of nitrogens with zero attached hydrogens (tertiary/aromatic N) is 5. The van der Waals surface area contributed by atoms with Crippen LogP contribution in [0.5, 0.6) is 0 Å². The number of aromatic nitrogens is 3. The molecule has 0 unspecified atom stereocenters. The molecule has 3 aromatic carbocycles. The summed E-state index contributed by atoms with van der Waals surface area (Å²) in [6, 6.07) is 16.3. The van der Waals surface area contributed by atoms with Crippen LogP contribution in [0.1, 0.15) is 111 Å². The molecule has 8 rings (SSSR count). The molecule has 1 aliphatic carbocycles. The molecule has 2 aromatic heterocycles. The number of likely N-dealkylation sites (tertiary alicyclic amines) is 1. The molecule has 1 saturated heterocycles. The molecule has 0 radical (unpaired) electrons. The van der Waals surface area contributed by atoms with E-state index in [2.05, 4.69) is 20.7 Å². The van der Waals surface area contributed by atoms with Crippen molar-refractivity contribution in [2.45, 2.75) is 117 Å². The van der Waals surface area contributed by atoms with Gasteiger partial charge in [-0.2, -0.15) is 5.10 Å². The van der Waals surface area contributed by atoms with Gasteiger partial charge in [0, 0.05) is 62.9 Å². The van der Waals surface area contributed by atoms with Crippen molar-refractivity contribution in [2.75, 3.05) is 32.8 Å². The number of nitrogens with one attached hydrogen (secondary N) is 2. The molecule has 3 aliphatic rings. The molecule has 1 fully saturated rings. The molecule has 0 bridgehead atoms. The minimum atomic E-state index is -1.60. The molecule has 0 saturated carbocycles. The van der Waals surface area contributed by atoms with Crippen LogP contribution in [0, 0.1) is 29.9 Å². The zero-order valence-electron chi connectivity index (χ0n) is 43.1. The lowest BCUT2D eigenvalue weighted by Crippen LogP contribution is -2.50. The quantitative estimate of drug-likeness (QED) is 0.0418.